The lowest BCUT2D eigenvalue weighted by atomic mass is 10.0. The second kappa shape index (κ2) is 35.9. The van der Waals surface area contributed by atoms with Gasteiger partial charge in [0.05, 0.1) is 13.2 Å². The molecule has 0 saturated carbocycles. The van der Waals surface area contributed by atoms with Gasteiger partial charge in [-0.05, 0) is 70.3 Å². The maximum absolute atomic E-state index is 12.7. The van der Waals surface area contributed by atoms with Crippen LogP contribution in [0.1, 0.15) is 174 Å². The number of aliphatic carboxylic acids is 1. The summed E-state index contributed by atoms with van der Waals surface area (Å²) in [4.78, 5) is 47.3. The Labute approximate surface area is 304 Å². The summed E-state index contributed by atoms with van der Waals surface area (Å²) in [6.45, 7) is 3.39. The Balaban J connectivity index is 4.27. The van der Waals surface area contributed by atoms with Gasteiger partial charge < -0.3 is 25.6 Å². The normalized spacial score (nSPS) is 12.9. The molecule has 0 aromatic rings. The lowest BCUT2D eigenvalue weighted by Crippen LogP contribution is -2.47. The Morgan fingerprint density at radius 2 is 1.18 bits per heavy atom. The first-order chi connectivity index (χ1) is 24.3. The van der Waals surface area contributed by atoms with Crippen molar-refractivity contribution >= 4 is 23.8 Å². The fourth-order valence-corrected chi connectivity index (χ4v) is 5.48. The second-order valence-corrected chi connectivity index (χ2v) is 13.4. The highest BCUT2D eigenvalue weighted by molar-refractivity contribution is 5.87. The van der Waals surface area contributed by atoms with Crippen molar-refractivity contribution in [2.24, 2.45) is 0 Å². The molecule has 288 valence electrons. The number of hydrogen-bond donors (Lipinski definition) is 4. The number of carbonyl (C=O) groups excluding carboxylic acids is 3. The molecule has 0 fully saturated rings. The molecule has 2 atom stereocenters. The lowest BCUT2D eigenvalue weighted by Gasteiger charge is -2.15. The number of esters is 1. The Morgan fingerprint density at radius 3 is 1.80 bits per heavy atom. The van der Waals surface area contributed by atoms with Crippen LogP contribution in [0.4, 0.5) is 0 Å². The molecule has 2 unspecified atom stereocenters. The molecular weight excluding hydrogens is 632 g/mol. The van der Waals surface area contributed by atoms with E-state index < -0.39 is 24.5 Å². The quantitative estimate of drug-likeness (QED) is 0.0293. The van der Waals surface area contributed by atoms with Gasteiger partial charge in [0.25, 0.3) is 0 Å². The van der Waals surface area contributed by atoms with Crippen LogP contribution in [0.5, 0.6) is 0 Å². The molecule has 0 aliphatic carbocycles. The Bertz CT molecular complexity index is 947. The predicted octanol–water partition coefficient (Wildman–Crippen LogP) is 9.04. The van der Waals surface area contributed by atoms with Crippen LogP contribution in [0, 0.1) is 0 Å². The minimum atomic E-state index is -1.38. The number of rotatable bonds is 35. The molecule has 50 heavy (non-hydrogen) atoms. The van der Waals surface area contributed by atoms with Gasteiger partial charge in [-0.2, -0.15) is 0 Å². The fourth-order valence-electron chi connectivity index (χ4n) is 5.48. The summed E-state index contributed by atoms with van der Waals surface area (Å²) in [5.74, 6) is -2.34. The van der Waals surface area contributed by atoms with Crippen molar-refractivity contribution in [2.45, 2.75) is 187 Å². The molecule has 0 rings (SSSR count). The van der Waals surface area contributed by atoms with Crippen molar-refractivity contribution in [3.8, 4) is 0 Å². The number of ether oxygens (including phenoxy) is 1. The van der Waals surface area contributed by atoms with Gasteiger partial charge in [-0.25, -0.2) is 4.79 Å². The summed E-state index contributed by atoms with van der Waals surface area (Å²) in [7, 11) is 0. The lowest BCUT2D eigenvalue weighted by molar-refractivity contribution is -0.147. The van der Waals surface area contributed by atoms with Crippen molar-refractivity contribution in [1.29, 1.82) is 0 Å². The van der Waals surface area contributed by atoms with Gasteiger partial charge in [0, 0.05) is 12.8 Å². The minimum Gasteiger partial charge on any atom is -0.480 e. The van der Waals surface area contributed by atoms with Crippen molar-refractivity contribution in [2.75, 3.05) is 13.2 Å². The Hall–Kier alpha value is -2.94. The summed E-state index contributed by atoms with van der Waals surface area (Å²) in [5, 5.41) is 22.5. The molecule has 0 spiro atoms. The topological polar surface area (TPSA) is 142 Å². The van der Waals surface area contributed by atoms with Crippen molar-refractivity contribution in [3.05, 3.63) is 36.5 Å². The van der Waals surface area contributed by atoms with Crippen LogP contribution >= 0.6 is 0 Å². The van der Waals surface area contributed by atoms with Crippen LogP contribution in [0.3, 0.4) is 0 Å². The predicted molar refractivity (Wildman–Crippen MR) is 204 cm³/mol. The molecule has 0 heterocycles. The van der Waals surface area contributed by atoms with E-state index in [0.717, 1.165) is 83.5 Å². The van der Waals surface area contributed by atoms with E-state index in [1.165, 1.54) is 57.8 Å². The maximum atomic E-state index is 12.7. The molecule has 9 nitrogen and oxygen atoms in total. The zero-order valence-corrected chi connectivity index (χ0v) is 31.6. The van der Waals surface area contributed by atoms with Gasteiger partial charge in [-0.3, -0.25) is 14.4 Å². The number of unbranched alkanes of at least 4 members (excludes halogenated alkanes) is 17. The van der Waals surface area contributed by atoms with Crippen molar-refractivity contribution in [1.82, 2.24) is 10.6 Å². The third kappa shape index (κ3) is 32.3. The number of aliphatic hydroxyl groups is 1. The van der Waals surface area contributed by atoms with Gasteiger partial charge in [0.2, 0.25) is 11.8 Å². The van der Waals surface area contributed by atoms with Crippen LogP contribution in [-0.2, 0) is 23.9 Å². The summed E-state index contributed by atoms with van der Waals surface area (Å²) in [6.07, 6.45) is 39.0. The third-order valence-corrected chi connectivity index (χ3v) is 8.57. The average molecular weight is 705 g/mol. The number of carboxylic acids is 1. The van der Waals surface area contributed by atoms with Gasteiger partial charge in [0.15, 0.2) is 0 Å². The minimum absolute atomic E-state index is 0.0934. The first-order valence-electron chi connectivity index (χ1n) is 19.9. The van der Waals surface area contributed by atoms with E-state index in [1.54, 1.807) is 0 Å². The molecule has 0 aliphatic heterocycles. The van der Waals surface area contributed by atoms with E-state index in [0.29, 0.717) is 19.3 Å². The van der Waals surface area contributed by atoms with Crippen LogP contribution < -0.4 is 10.6 Å². The fraction of sp³-hybridized carbons (Fsp3) is 0.756. The zero-order valence-electron chi connectivity index (χ0n) is 31.6. The van der Waals surface area contributed by atoms with Crippen LogP contribution in [0.25, 0.3) is 0 Å². The number of carbonyl (C=O) groups is 4. The highest BCUT2D eigenvalue weighted by atomic mass is 16.5. The van der Waals surface area contributed by atoms with E-state index in [9.17, 15) is 19.2 Å². The van der Waals surface area contributed by atoms with Crippen molar-refractivity contribution < 1.29 is 34.1 Å². The SMILES string of the molecule is CCC/C=C\C/C=C\CCCCCCCC(=O)OC(/C=C\CCCCCCCC)CCCCCCCCC(=O)NCC(=O)NC(CO)C(=O)O. The van der Waals surface area contributed by atoms with E-state index >= 15 is 0 Å². The third-order valence-electron chi connectivity index (χ3n) is 8.57. The standard InChI is InChI=1S/C41H72N2O7/c1-3-5-7-9-11-13-14-15-16-17-19-25-29-33-40(47)50-36(30-26-22-18-12-10-8-6-4-2)31-27-23-20-21-24-28-32-38(45)42-34-39(46)43-37(35-44)41(48)49/h7,9,13-14,26,30,36-37,44H,3-6,8,10-12,15-25,27-29,31-35H2,1-2H3,(H,42,45)(H,43,46)(H,48,49)/b9-7-,14-13-,30-26-. The van der Waals surface area contributed by atoms with E-state index in [2.05, 4.69) is 60.9 Å². The molecule has 0 radical (unpaired) electrons. The van der Waals surface area contributed by atoms with Gasteiger partial charge in [-0.1, -0.05) is 128 Å². The molecule has 0 bridgehead atoms. The number of amides is 2. The van der Waals surface area contributed by atoms with Crippen LogP contribution in [-0.4, -0.2) is 59.3 Å². The van der Waals surface area contributed by atoms with E-state index in [-0.39, 0.29) is 24.5 Å². The summed E-state index contributed by atoms with van der Waals surface area (Å²) < 4.78 is 5.91. The smallest absolute Gasteiger partial charge is 0.328 e. The monoisotopic (exact) mass is 705 g/mol. The molecule has 9 heteroatoms. The maximum Gasteiger partial charge on any atom is 0.328 e. The second-order valence-electron chi connectivity index (χ2n) is 13.4. The first kappa shape index (κ1) is 47.1. The largest absolute Gasteiger partial charge is 0.480 e. The Morgan fingerprint density at radius 1 is 0.620 bits per heavy atom. The molecule has 2 amide bonds. The molecule has 0 aromatic heterocycles. The van der Waals surface area contributed by atoms with Gasteiger partial charge in [0.1, 0.15) is 12.1 Å². The molecule has 0 aromatic carbocycles. The van der Waals surface area contributed by atoms with Crippen LogP contribution in [0.2, 0.25) is 0 Å². The summed E-state index contributed by atoms with van der Waals surface area (Å²) in [6, 6.07) is -1.38. The number of hydrogen-bond acceptors (Lipinski definition) is 6. The zero-order chi connectivity index (χ0) is 36.9. The highest BCUT2D eigenvalue weighted by Gasteiger charge is 2.18. The molecule has 0 saturated heterocycles. The van der Waals surface area contributed by atoms with E-state index in [1.807, 2.05) is 0 Å². The number of allylic oxidation sites excluding steroid dienone is 5. The van der Waals surface area contributed by atoms with Crippen LogP contribution in [0.15, 0.2) is 36.5 Å². The summed E-state index contributed by atoms with van der Waals surface area (Å²) >= 11 is 0. The molecular formula is C41H72N2O7. The number of aliphatic hydroxyl groups excluding tert-OH is 1. The number of carboxylic acid groups (broad SMARTS) is 1. The molecule has 4 N–H and O–H groups in total. The molecule has 0 aliphatic rings. The Kier molecular flexibility index (Phi) is 33.8. The van der Waals surface area contributed by atoms with Gasteiger partial charge in [-0.15, -0.1) is 0 Å². The van der Waals surface area contributed by atoms with Crippen molar-refractivity contribution in [3.63, 3.8) is 0 Å². The first-order valence-corrected chi connectivity index (χ1v) is 19.9. The summed E-state index contributed by atoms with van der Waals surface area (Å²) in [5.41, 5.74) is 0. The number of nitrogens with one attached hydrogen (secondary N) is 2. The highest BCUT2D eigenvalue weighted by Crippen LogP contribution is 2.15. The van der Waals surface area contributed by atoms with Gasteiger partial charge >= 0.3 is 11.9 Å². The average Bonchev–Trinajstić information content (AvgIpc) is 3.10. The van der Waals surface area contributed by atoms with E-state index in [4.69, 9.17) is 14.9 Å².